The summed E-state index contributed by atoms with van der Waals surface area (Å²) in [6.45, 7) is 0.317. The molecule has 0 spiro atoms. The Morgan fingerprint density at radius 1 is 1.50 bits per heavy atom. The van der Waals surface area contributed by atoms with E-state index >= 15 is 0 Å². The molecule has 0 saturated carbocycles. The van der Waals surface area contributed by atoms with E-state index in [2.05, 4.69) is 21.2 Å². The minimum absolute atomic E-state index is 0. The number of halogens is 3. The zero-order chi connectivity index (χ0) is 10.8. The minimum Gasteiger partial charge on any atom is -0.449 e. The monoisotopic (exact) mass is 309 g/mol. The summed E-state index contributed by atoms with van der Waals surface area (Å²) < 4.78 is 18.9. The summed E-state index contributed by atoms with van der Waals surface area (Å²) in [7, 11) is 0. The van der Waals surface area contributed by atoms with Crippen LogP contribution in [0, 0.1) is 5.82 Å². The van der Waals surface area contributed by atoms with Crippen LogP contribution in [0.15, 0.2) is 22.7 Å². The van der Waals surface area contributed by atoms with E-state index in [1.807, 2.05) is 0 Å². The molecule has 0 aliphatic carbocycles. The largest absolute Gasteiger partial charge is 0.449 e. The fraction of sp³-hybridized carbons (Fsp3) is 0.300. The molecule has 1 amide bonds. The van der Waals surface area contributed by atoms with Gasteiger partial charge in [0.05, 0.1) is 12.6 Å². The molecule has 0 radical (unpaired) electrons. The van der Waals surface area contributed by atoms with Crippen molar-refractivity contribution >= 4 is 34.4 Å². The predicted molar refractivity (Wildman–Crippen MR) is 63.2 cm³/mol. The average molecular weight is 311 g/mol. The van der Waals surface area contributed by atoms with E-state index in [1.165, 1.54) is 6.07 Å². The normalized spacial score (nSPS) is 19.4. The second kappa shape index (κ2) is 5.50. The summed E-state index contributed by atoms with van der Waals surface area (Å²) in [5.41, 5.74) is 0.481. The van der Waals surface area contributed by atoms with Gasteiger partial charge in [0.1, 0.15) is 5.82 Å². The van der Waals surface area contributed by atoms with Crippen molar-refractivity contribution in [2.75, 3.05) is 6.61 Å². The van der Waals surface area contributed by atoms with Crippen molar-refractivity contribution in [3.05, 3.63) is 34.1 Å². The molecular formula is C10H10BrClFNO2. The SMILES string of the molecule is Cl.O=C1N[C@H](c2c(F)cccc2Br)CCO1. The molecule has 1 heterocycles. The number of cyclic esters (lactones) is 1. The third kappa shape index (κ3) is 2.65. The van der Waals surface area contributed by atoms with Crippen LogP contribution in [-0.4, -0.2) is 12.7 Å². The van der Waals surface area contributed by atoms with Crippen molar-refractivity contribution in [1.29, 1.82) is 0 Å². The van der Waals surface area contributed by atoms with Crippen molar-refractivity contribution < 1.29 is 13.9 Å². The molecular weight excluding hydrogens is 300 g/mol. The molecule has 1 saturated heterocycles. The quantitative estimate of drug-likeness (QED) is 0.865. The van der Waals surface area contributed by atoms with Gasteiger partial charge in [-0.05, 0) is 12.1 Å². The van der Waals surface area contributed by atoms with E-state index in [1.54, 1.807) is 12.1 Å². The van der Waals surface area contributed by atoms with Gasteiger partial charge in [0.25, 0.3) is 0 Å². The van der Waals surface area contributed by atoms with Crippen molar-refractivity contribution in [1.82, 2.24) is 5.32 Å². The van der Waals surface area contributed by atoms with Crippen molar-refractivity contribution in [2.45, 2.75) is 12.5 Å². The lowest BCUT2D eigenvalue weighted by atomic mass is 10.0. The van der Waals surface area contributed by atoms with Crippen LogP contribution in [0.4, 0.5) is 9.18 Å². The molecule has 2 rings (SSSR count). The lowest BCUT2D eigenvalue weighted by Gasteiger charge is -2.24. The molecule has 88 valence electrons. The van der Waals surface area contributed by atoms with Gasteiger partial charge in [-0.1, -0.05) is 22.0 Å². The van der Waals surface area contributed by atoms with E-state index in [9.17, 15) is 9.18 Å². The Kier molecular flexibility index (Phi) is 4.56. The summed E-state index contributed by atoms with van der Waals surface area (Å²) in [5, 5.41) is 2.58. The maximum atomic E-state index is 13.5. The molecule has 1 fully saturated rings. The molecule has 1 aromatic rings. The highest BCUT2D eigenvalue weighted by Gasteiger charge is 2.24. The van der Waals surface area contributed by atoms with Crippen molar-refractivity contribution in [3.63, 3.8) is 0 Å². The highest BCUT2D eigenvalue weighted by molar-refractivity contribution is 9.10. The fourth-order valence-corrected chi connectivity index (χ4v) is 2.20. The van der Waals surface area contributed by atoms with E-state index in [-0.39, 0.29) is 24.3 Å². The molecule has 1 aliphatic rings. The van der Waals surface area contributed by atoms with E-state index in [4.69, 9.17) is 4.74 Å². The zero-order valence-electron chi connectivity index (χ0n) is 8.20. The number of benzene rings is 1. The second-order valence-electron chi connectivity index (χ2n) is 3.26. The first kappa shape index (κ1) is 13.3. The number of ether oxygens (including phenoxy) is 1. The summed E-state index contributed by atoms with van der Waals surface area (Å²) in [5.74, 6) is -0.323. The third-order valence-corrected chi connectivity index (χ3v) is 2.97. The molecule has 16 heavy (non-hydrogen) atoms. The molecule has 1 aliphatic heterocycles. The molecule has 6 heteroatoms. The van der Waals surface area contributed by atoms with E-state index < -0.39 is 6.09 Å². The highest BCUT2D eigenvalue weighted by Crippen LogP contribution is 2.29. The van der Waals surface area contributed by atoms with Crippen LogP contribution >= 0.6 is 28.3 Å². The number of amides is 1. The van der Waals surface area contributed by atoms with Crippen molar-refractivity contribution in [2.24, 2.45) is 0 Å². The van der Waals surface area contributed by atoms with Gasteiger partial charge in [-0.25, -0.2) is 9.18 Å². The van der Waals surface area contributed by atoms with Gasteiger partial charge in [-0.3, -0.25) is 0 Å². The maximum absolute atomic E-state index is 13.5. The lowest BCUT2D eigenvalue weighted by molar-refractivity contribution is 0.115. The lowest BCUT2D eigenvalue weighted by Crippen LogP contribution is -2.35. The Labute approximate surface area is 107 Å². The van der Waals surface area contributed by atoms with Gasteiger partial charge in [0.2, 0.25) is 0 Å². The molecule has 1 atom stereocenters. The third-order valence-electron chi connectivity index (χ3n) is 2.28. The van der Waals surface area contributed by atoms with Gasteiger partial charge < -0.3 is 10.1 Å². The molecule has 0 aromatic heterocycles. The van der Waals surface area contributed by atoms with Crippen LogP contribution in [0.5, 0.6) is 0 Å². The first-order valence-electron chi connectivity index (χ1n) is 4.55. The Morgan fingerprint density at radius 2 is 2.25 bits per heavy atom. The summed E-state index contributed by atoms with van der Waals surface area (Å²) in [6, 6.07) is 4.42. The molecule has 1 aromatic carbocycles. The van der Waals surface area contributed by atoms with Gasteiger partial charge in [-0.2, -0.15) is 0 Å². The number of carbonyl (C=O) groups excluding carboxylic acids is 1. The first-order valence-corrected chi connectivity index (χ1v) is 5.35. The van der Waals surface area contributed by atoms with Crippen LogP contribution in [0.1, 0.15) is 18.0 Å². The van der Waals surface area contributed by atoms with Gasteiger partial charge >= 0.3 is 6.09 Å². The van der Waals surface area contributed by atoms with Gasteiger partial charge in [0.15, 0.2) is 0 Å². The van der Waals surface area contributed by atoms with Crippen LogP contribution in [0.2, 0.25) is 0 Å². The van der Waals surface area contributed by atoms with Crippen LogP contribution in [0.3, 0.4) is 0 Å². The smallest absolute Gasteiger partial charge is 0.407 e. The Bertz CT molecular complexity index is 382. The Morgan fingerprint density at radius 3 is 2.88 bits per heavy atom. The Balaban J connectivity index is 0.00000128. The molecule has 0 bridgehead atoms. The standard InChI is InChI=1S/C10H9BrFNO2.ClH/c11-6-2-1-3-7(12)9(6)8-4-5-15-10(14)13-8;/h1-3,8H,4-5H2,(H,13,14);1H/t8-;/m0./s1. The topological polar surface area (TPSA) is 38.3 Å². The van der Waals surface area contributed by atoms with Crippen molar-refractivity contribution in [3.8, 4) is 0 Å². The number of nitrogens with one attached hydrogen (secondary N) is 1. The molecule has 3 nitrogen and oxygen atoms in total. The number of alkyl carbamates (subject to hydrolysis) is 1. The van der Waals surface area contributed by atoms with Gasteiger partial charge in [-0.15, -0.1) is 12.4 Å². The summed E-state index contributed by atoms with van der Waals surface area (Å²) >= 11 is 3.27. The number of rotatable bonds is 1. The predicted octanol–water partition coefficient (Wildman–Crippen LogP) is 3.18. The Hall–Kier alpha value is -0.810. The second-order valence-corrected chi connectivity index (χ2v) is 4.11. The minimum atomic E-state index is -0.499. The molecule has 1 N–H and O–H groups in total. The first-order chi connectivity index (χ1) is 7.18. The summed E-state index contributed by atoms with van der Waals surface area (Å²) in [6.07, 6.45) is 0.0760. The molecule has 0 unspecified atom stereocenters. The zero-order valence-corrected chi connectivity index (χ0v) is 10.6. The van der Waals surface area contributed by atoms with Crippen LogP contribution < -0.4 is 5.32 Å². The fourth-order valence-electron chi connectivity index (χ4n) is 1.59. The van der Waals surface area contributed by atoms with Gasteiger partial charge in [0, 0.05) is 16.5 Å². The highest BCUT2D eigenvalue weighted by atomic mass is 79.9. The van der Waals surface area contributed by atoms with Crippen LogP contribution in [-0.2, 0) is 4.74 Å². The maximum Gasteiger partial charge on any atom is 0.407 e. The number of carbonyl (C=O) groups is 1. The number of hydrogen-bond acceptors (Lipinski definition) is 2. The van der Waals surface area contributed by atoms with E-state index in [0.29, 0.717) is 23.1 Å². The number of hydrogen-bond donors (Lipinski definition) is 1. The van der Waals surface area contributed by atoms with Crippen LogP contribution in [0.25, 0.3) is 0 Å². The summed E-state index contributed by atoms with van der Waals surface area (Å²) in [4.78, 5) is 11.0. The average Bonchev–Trinajstić information content (AvgIpc) is 2.17. The van der Waals surface area contributed by atoms with E-state index in [0.717, 1.165) is 0 Å².